The molecule has 0 fully saturated rings. The molecule has 1 aromatic rings. The number of anilines is 1. The lowest BCUT2D eigenvalue weighted by Gasteiger charge is -2.26. The number of allylic oxidation sites excluding steroid dienone is 2. The van der Waals surface area contributed by atoms with Crippen LogP contribution in [0.25, 0.3) is 0 Å². The van der Waals surface area contributed by atoms with Crippen molar-refractivity contribution in [3.63, 3.8) is 0 Å². The minimum atomic E-state index is -0.370. The zero-order valence-electron chi connectivity index (χ0n) is 10.8. The monoisotopic (exact) mass is 244 g/mol. The van der Waals surface area contributed by atoms with Crippen molar-refractivity contribution < 1.29 is 4.79 Å². The average molecular weight is 244 g/mol. The summed E-state index contributed by atoms with van der Waals surface area (Å²) in [5, 5.41) is 0. The Bertz CT molecular complexity index is 454. The van der Waals surface area contributed by atoms with Gasteiger partial charge in [0, 0.05) is 24.8 Å². The Hall–Kier alpha value is -1.77. The quantitative estimate of drug-likeness (QED) is 0.827. The first kappa shape index (κ1) is 12.7. The summed E-state index contributed by atoms with van der Waals surface area (Å²) in [7, 11) is 2.07. The lowest BCUT2D eigenvalue weighted by atomic mass is 9.94. The minimum Gasteiger partial charge on any atom is -0.374 e. The molecule has 0 aromatic heterocycles. The molecule has 3 nitrogen and oxygen atoms in total. The second kappa shape index (κ2) is 5.71. The summed E-state index contributed by atoms with van der Waals surface area (Å²) >= 11 is 0. The molecule has 0 radical (unpaired) electrons. The van der Waals surface area contributed by atoms with E-state index in [2.05, 4.69) is 24.1 Å². The van der Waals surface area contributed by atoms with Crippen LogP contribution >= 0.6 is 0 Å². The maximum absolute atomic E-state index is 11.2. The van der Waals surface area contributed by atoms with Gasteiger partial charge in [-0.25, -0.2) is 0 Å². The van der Waals surface area contributed by atoms with Gasteiger partial charge in [0.05, 0.1) is 0 Å². The molecule has 2 rings (SSSR count). The Morgan fingerprint density at radius 1 is 1.44 bits per heavy atom. The van der Waals surface area contributed by atoms with Crippen LogP contribution in [0.1, 0.15) is 29.6 Å². The van der Waals surface area contributed by atoms with Crippen LogP contribution in [0.5, 0.6) is 0 Å². The van der Waals surface area contributed by atoms with Crippen LogP contribution in [0.2, 0.25) is 0 Å². The van der Waals surface area contributed by atoms with E-state index in [4.69, 9.17) is 5.73 Å². The van der Waals surface area contributed by atoms with Crippen LogP contribution < -0.4 is 10.6 Å². The van der Waals surface area contributed by atoms with Crippen molar-refractivity contribution in [1.82, 2.24) is 0 Å². The summed E-state index contributed by atoms with van der Waals surface area (Å²) in [5.74, 6) is 0.336. The molecule has 1 aromatic carbocycles. The van der Waals surface area contributed by atoms with E-state index in [1.807, 2.05) is 18.2 Å². The number of amides is 1. The summed E-state index contributed by atoms with van der Waals surface area (Å²) in [5.41, 5.74) is 6.93. The average Bonchev–Trinajstić information content (AvgIpc) is 2.40. The van der Waals surface area contributed by atoms with Gasteiger partial charge in [0.1, 0.15) is 0 Å². The molecule has 3 heteroatoms. The first-order valence-electron chi connectivity index (χ1n) is 6.43. The molecule has 1 unspecified atom stereocenters. The number of benzene rings is 1. The standard InChI is InChI=1S/C15H20N2O/c1-17(11-12-6-3-2-4-7-12)14-9-5-8-13(10-14)15(16)18/h2-3,5,8-10,12H,4,6-7,11H2,1H3,(H2,16,18). The second-order valence-corrected chi connectivity index (χ2v) is 4.95. The topological polar surface area (TPSA) is 46.3 Å². The van der Waals surface area contributed by atoms with Crippen molar-refractivity contribution >= 4 is 11.6 Å². The Kier molecular flexibility index (Phi) is 4.03. The molecular weight excluding hydrogens is 224 g/mol. The Morgan fingerprint density at radius 2 is 2.28 bits per heavy atom. The van der Waals surface area contributed by atoms with E-state index in [0.29, 0.717) is 11.5 Å². The number of nitrogens with two attached hydrogens (primary N) is 1. The lowest BCUT2D eigenvalue weighted by molar-refractivity contribution is 0.100. The predicted molar refractivity (Wildman–Crippen MR) is 74.7 cm³/mol. The van der Waals surface area contributed by atoms with E-state index < -0.39 is 0 Å². The third kappa shape index (κ3) is 3.13. The zero-order valence-corrected chi connectivity index (χ0v) is 10.8. The van der Waals surface area contributed by atoms with Crippen LogP contribution in [-0.2, 0) is 0 Å². The maximum atomic E-state index is 11.2. The normalized spacial score (nSPS) is 18.6. The fourth-order valence-corrected chi connectivity index (χ4v) is 2.41. The molecule has 1 aliphatic rings. The van der Waals surface area contributed by atoms with E-state index in [1.54, 1.807) is 6.07 Å². The van der Waals surface area contributed by atoms with Crippen LogP contribution in [-0.4, -0.2) is 19.5 Å². The van der Waals surface area contributed by atoms with Gasteiger partial charge in [0.25, 0.3) is 0 Å². The second-order valence-electron chi connectivity index (χ2n) is 4.95. The molecule has 1 atom stereocenters. The van der Waals surface area contributed by atoms with Crippen molar-refractivity contribution in [1.29, 1.82) is 0 Å². The largest absolute Gasteiger partial charge is 0.374 e. The van der Waals surface area contributed by atoms with Crippen molar-refractivity contribution in [3.05, 3.63) is 42.0 Å². The number of nitrogens with zero attached hydrogens (tertiary/aromatic N) is 1. The molecule has 0 saturated heterocycles. The number of primary amides is 1. The van der Waals surface area contributed by atoms with Crippen LogP contribution in [0.3, 0.4) is 0 Å². The number of hydrogen-bond donors (Lipinski definition) is 1. The highest BCUT2D eigenvalue weighted by molar-refractivity contribution is 5.93. The number of rotatable bonds is 4. The Labute approximate surface area is 108 Å². The molecule has 1 aliphatic carbocycles. The summed E-state index contributed by atoms with van der Waals surface area (Å²) in [4.78, 5) is 13.4. The molecule has 18 heavy (non-hydrogen) atoms. The number of hydrogen-bond acceptors (Lipinski definition) is 2. The molecule has 0 bridgehead atoms. The zero-order chi connectivity index (χ0) is 13.0. The van der Waals surface area contributed by atoms with Gasteiger partial charge in [0.2, 0.25) is 5.91 Å². The highest BCUT2D eigenvalue weighted by Gasteiger charge is 2.13. The summed E-state index contributed by atoms with van der Waals surface area (Å²) < 4.78 is 0. The third-order valence-corrected chi connectivity index (χ3v) is 3.48. The molecule has 0 saturated carbocycles. The molecule has 0 heterocycles. The minimum absolute atomic E-state index is 0.370. The predicted octanol–water partition coefficient (Wildman–Crippen LogP) is 2.58. The molecule has 0 spiro atoms. The van der Waals surface area contributed by atoms with Gasteiger partial charge >= 0.3 is 0 Å². The van der Waals surface area contributed by atoms with E-state index in [1.165, 1.54) is 12.8 Å². The van der Waals surface area contributed by atoms with Crippen molar-refractivity contribution in [2.75, 3.05) is 18.5 Å². The van der Waals surface area contributed by atoms with Gasteiger partial charge in [-0.05, 0) is 43.4 Å². The SMILES string of the molecule is CN(CC1CC=CCC1)c1cccc(C(N)=O)c1. The molecule has 96 valence electrons. The number of carbonyl (C=O) groups is 1. The van der Waals surface area contributed by atoms with Crippen LogP contribution in [0.4, 0.5) is 5.69 Å². The van der Waals surface area contributed by atoms with E-state index in [9.17, 15) is 4.79 Å². The van der Waals surface area contributed by atoms with Gasteiger partial charge in [0.15, 0.2) is 0 Å². The fraction of sp³-hybridized carbons (Fsp3) is 0.400. The fourth-order valence-electron chi connectivity index (χ4n) is 2.41. The van der Waals surface area contributed by atoms with E-state index in [0.717, 1.165) is 18.7 Å². The number of carbonyl (C=O) groups excluding carboxylic acids is 1. The van der Waals surface area contributed by atoms with Crippen molar-refractivity contribution in [2.24, 2.45) is 11.7 Å². The maximum Gasteiger partial charge on any atom is 0.248 e. The Balaban J connectivity index is 2.03. The smallest absolute Gasteiger partial charge is 0.248 e. The van der Waals surface area contributed by atoms with Crippen LogP contribution in [0.15, 0.2) is 36.4 Å². The third-order valence-electron chi connectivity index (χ3n) is 3.48. The van der Waals surface area contributed by atoms with Gasteiger partial charge in [-0.3, -0.25) is 4.79 Å². The first-order chi connectivity index (χ1) is 8.66. The Morgan fingerprint density at radius 3 is 2.94 bits per heavy atom. The molecule has 2 N–H and O–H groups in total. The molecule has 1 amide bonds. The molecule has 0 aliphatic heterocycles. The summed E-state index contributed by atoms with van der Waals surface area (Å²) in [6.07, 6.45) is 8.10. The van der Waals surface area contributed by atoms with Crippen molar-refractivity contribution in [2.45, 2.75) is 19.3 Å². The highest BCUT2D eigenvalue weighted by atomic mass is 16.1. The van der Waals surface area contributed by atoms with E-state index in [-0.39, 0.29) is 5.91 Å². The summed E-state index contributed by atoms with van der Waals surface area (Å²) in [6.45, 7) is 1.02. The van der Waals surface area contributed by atoms with Gasteiger partial charge < -0.3 is 10.6 Å². The van der Waals surface area contributed by atoms with Crippen molar-refractivity contribution in [3.8, 4) is 0 Å². The lowest BCUT2D eigenvalue weighted by Crippen LogP contribution is -2.26. The van der Waals surface area contributed by atoms with Crippen LogP contribution in [0, 0.1) is 5.92 Å². The highest BCUT2D eigenvalue weighted by Crippen LogP contribution is 2.22. The molecular formula is C15H20N2O. The van der Waals surface area contributed by atoms with Gasteiger partial charge in [-0.1, -0.05) is 18.2 Å². The van der Waals surface area contributed by atoms with Gasteiger partial charge in [-0.2, -0.15) is 0 Å². The summed E-state index contributed by atoms with van der Waals surface area (Å²) in [6, 6.07) is 7.52. The first-order valence-corrected chi connectivity index (χ1v) is 6.43. The van der Waals surface area contributed by atoms with E-state index >= 15 is 0 Å². The van der Waals surface area contributed by atoms with Gasteiger partial charge in [-0.15, -0.1) is 0 Å².